The first-order valence-corrected chi connectivity index (χ1v) is 6.65. The van der Waals surface area contributed by atoms with Crippen LogP contribution in [-0.4, -0.2) is 20.1 Å². The minimum absolute atomic E-state index is 0.363. The highest BCUT2D eigenvalue weighted by Gasteiger charge is 2.41. The van der Waals surface area contributed by atoms with Gasteiger partial charge in [0.25, 0.3) is 5.92 Å². The van der Waals surface area contributed by atoms with Crippen LogP contribution in [0.1, 0.15) is 17.2 Å². The monoisotopic (exact) mass is 292 g/mol. The summed E-state index contributed by atoms with van der Waals surface area (Å²) in [5.41, 5.74) is 1.01. The lowest BCUT2D eigenvalue weighted by atomic mass is 9.97. The summed E-state index contributed by atoms with van der Waals surface area (Å²) in [4.78, 5) is 0. The van der Waals surface area contributed by atoms with E-state index in [0.29, 0.717) is 16.9 Å². The molecule has 0 spiro atoms. The molecule has 4 heteroatoms. The Kier molecular flexibility index (Phi) is 4.91. The van der Waals surface area contributed by atoms with Crippen molar-refractivity contribution in [3.8, 4) is 5.75 Å². The van der Waals surface area contributed by atoms with Gasteiger partial charge in [-0.2, -0.15) is 0 Å². The molecule has 0 N–H and O–H groups in total. The van der Waals surface area contributed by atoms with Crippen LogP contribution in [0.4, 0.5) is 8.78 Å². The third-order valence-electron chi connectivity index (χ3n) is 3.32. The van der Waals surface area contributed by atoms with Crippen molar-refractivity contribution in [2.75, 3.05) is 14.2 Å². The van der Waals surface area contributed by atoms with Crippen molar-refractivity contribution < 1.29 is 18.3 Å². The molecule has 0 amide bonds. The molecule has 0 aliphatic carbocycles. The van der Waals surface area contributed by atoms with Gasteiger partial charge in [-0.3, -0.25) is 0 Å². The van der Waals surface area contributed by atoms with Gasteiger partial charge in [-0.1, -0.05) is 42.5 Å². The van der Waals surface area contributed by atoms with E-state index in [1.54, 1.807) is 54.6 Å². The number of methoxy groups -OCH3 is 2. The number of rotatable bonds is 6. The van der Waals surface area contributed by atoms with Gasteiger partial charge < -0.3 is 9.47 Å². The van der Waals surface area contributed by atoms with Gasteiger partial charge in [0.05, 0.1) is 7.11 Å². The molecule has 0 radical (unpaired) electrons. The van der Waals surface area contributed by atoms with E-state index >= 15 is 0 Å². The highest BCUT2D eigenvalue weighted by Crippen LogP contribution is 2.37. The highest BCUT2D eigenvalue weighted by molar-refractivity contribution is 5.30. The van der Waals surface area contributed by atoms with Crippen molar-refractivity contribution in [3.05, 3.63) is 65.7 Å². The van der Waals surface area contributed by atoms with Gasteiger partial charge in [0.15, 0.2) is 0 Å². The zero-order valence-electron chi connectivity index (χ0n) is 12.1. The maximum absolute atomic E-state index is 14.5. The van der Waals surface area contributed by atoms with Gasteiger partial charge in [0, 0.05) is 13.5 Å². The highest BCUT2D eigenvalue weighted by atomic mass is 19.3. The molecule has 1 unspecified atom stereocenters. The van der Waals surface area contributed by atoms with Gasteiger partial charge in [0.2, 0.25) is 0 Å². The van der Waals surface area contributed by atoms with Gasteiger partial charge >= 0.3 is 0 Å². The van der Waals surface area contributed by atoms with E-state index in [1.165, 1.54) is 14.2 Å². The van der Waals surface area contributed by atoms with Crippen molar-refractivity contribution in [2.24, 2.45) is 0 Å². The van der Waals surface area contributed by atoms with Crippen LogP contribution in [0.3, 0.4) is 0 Å². The molecular weight excluding hydrogens is 274 g/mol. The molecular formula is C17H18F2O2. The Morgan fingerprint density at radius 3 is 2.10 bits per heavy atom. The molecule has 0 aromatic heterocycles. The van der Waals surface area contributed by atoms with Crippen LogP contribution in [0.2, 0.25) is 0 Å². The van der Waals surface area contributed by atoms with Crippen LogP contribution in [0.25, 0.3) is 0 Å². The molecule has 0 aliphatic heterocycles. The summed E-state index contributed by atoms with van der Waals surface area (Å²) < 4.78 is 39.1. The van der Waals surface area contributed by atoms with Crippen molar-refractivity contribution in [3.63, 3.8) is 0 Å². The second kappa shape index (κ2) is 6.68. The molecule has 2 nitrogen and oxygen atoms in total. The SMILES string of the molecule is COc1ccc(C(OC)C(F)(F)Cc2ccccc2)cc1. The fourth-order valence-electron chi connectivity index (χ4n) is 2.29. The van der Waals surface area contributed by atoms with Crippen LogP contribution in [0.15, 0.2) is 54.6 Å². The van der Waals surface area contributed by atoms with Crippen LogP contribution >= 0.6 is 0 Å². The van der Waals surface area contributed by atoms with Crippen LogP contribution < -0.4 is 4.74 Å². The Hall–Kier alpha value is -1.94. The maximum atomic E-state index is 14.5. The Bertz CT molecular complexity index is 553. The third-order valence-corrected chi connectivity index (χ3v) is 3.32. The van der Waals surface area contributed by atoms with E-state index in [0.717, 1.165) is 0 Å². The second-order valence-electron chi connectivity index (χ2n) is 4.81. The lowest BCUT2D eigenvalue weighted by Gasteiger charge is -2.26. The minimum atomic E-state index is -3.00. The lowest BCUT2D eigenvalue weighted by Crippen LogP contribution is -2.30. The lowest BCUT2D eigenvalue weighted by molar-refractivity contribution is -0.126. The summed E-state index contributed by atoms with van der Waals surface area (Å²) in [6.07, 6.45) is -1.65. The van der Waals surface area contributed by atoms with Gasteiger partial charge in [-0.15, -0.1) is 0 Å². The average molecular weight is 292 g/mol. The normalized spacial score (nSPS) is 13.0. The Balaban J connectivity index is 2.21. The molecule has 0 aliphatic rings. The minimum Gasteiger partial charge on any atom is -0.497 e. The van der Waals surface area contributed by atoms with E-state index in [-0.39, 0.29) is 6.42 Å². The largest absolute Gasteiger partial charge is 0.497 e. The predicted octanol–water partition coefficient (Wildman–Crippen LogP) is 4.26. The number of hydrogen-bond donors (Lipinski definition) is 0. The zero-order valence-corrected chi connectivity index (χ0v) is 12.1. The first-order valence-electron chi connectivity index (χ1n) is 6.65. The summed E-state index contributed by atoms with van der Waals surface area (Å²) in [7, 11) is 2.83. The van der Waals surface area contributed by atoms with Gasteiger partial charge in [-0.25, -0.2) is 8.78 Å². The summed E-state index contributed by atoms with van der Waals surface area (Å²) >= 11 is 0. The van der Waals surface area contributed by atoms with Crippen molar-refractivity contribution in [1.29, 1.82) is 0 Å². The molecule has 1 atom stereocenters. The fraction of sp³-hybridized carbons (Fsp3) is 0.294. The molecule has 0 saturated heterocycles. The van der Waals surface area contributed by atoms with E-state index in [4.69, 9.17) is 9.47 Å². The standard InChI is InChI=1S/C17H18F2O2/c1-20-15-10-8-14(9-11-15)16(21-2)17(18,19)12-13-6-4-3-5-7-13/h3-11,16H,12H2,1-2H3. The molecule has 2 aromatic carbocycles. The van der Waals surface area contributed by atoms with E-state index in [1.807, 2.05) is 0 Å². The zero-order chi connectivity index (χ0) is 15.3. The summed E-state index contributed by atoms with van der Waals surface area (Å²) in [5, 5.41) is 0. The molecule has 0 saturated carbocycles. The molecule has 112 valence electrons. The Labute approximate surface area is 123 Å². The third kappa shape index (κ3) is 3.79. The number of hydrogen-bond acceptors (Lipinski definition) is 2. The maximum Gasteiger partial charge on any atom is 0.281 e. The second-order valence-corrected chi connectivity index (χ2v) is 4.81. The Morgan fingerprint density at radius 1 is 0.952 bits per heavy atom. The van der Waals surface area contributed by atoms with Gasteiger partial charge in [0.1, 0.15) is 11.9 Å². The van der Waals surface area contributed by atoms with Crippen molar-refractivity contribution in [1.82, 2.24) is 0 Å². The molecule has 2 rings (SSSR count). The topological polar surface area (TPSA) is 18.5 Å². The summed E-state index contributed by atoms with van der Waals surface area (Å²) in [6, 6.07) is 15.2. The number of alkyl halides is 2. The van der Waals surface area contributed by atoms with Crippen molar-refractivity contribution >= 4 is 0 Å². The number of benzene rings is 2. The van der Waals surface area contributed by atoms with E-state index in [9.17, 15) is 8.78 Å². The van der Waals surface area contributed by atoms with Crippen LogP contribution in [0.5, 0.6) is 5.75 Å². The number of halogens is 2. The van der Waals surface area contributed by atoms with E-state index in [2.05, 4.69) is 0 Å². The summed E-state index contributed by atoms with van der Waals surface area (Å²) in [6.45, 7) is 0. The number of ether oxygens (including phenoxy) is 2. The fourth-order valence-corrected chi connectivity index (χ4v) is 2.29. The van der Waals surface area contributed by atoms with E-state index < -0.39 is 12.0 Å². The predicted molar refractivity (Wildman–Crippen MR) is 77.8 cm³/mol. The molecule has 0 bridgehead atoms. The molecule has 21 heavy (non-hydrogen) atoms. The summed E-state index contributed by atoms with van der Waals surface area (Å²) in [5.74, 6) is -2.37. The van der Waals surface area contributed by atoms with Gasteiger partial charge in [-0.05, 0) is 23.3 Å². The molecule has 0 heterocycles. The van der Waals surface area contributed by atoms with Crippen LogP contribution in [0, 0.1) is 0 Å². The first-order chi connectivity index (χ1) is 10.1. The molecule has 0 fully saturated rings. The average Bonchev–Trinajstić information content (AvgIpc) is 2.49. The first kappa shape index (κ1) is 15.4. The van der Waals surface area contributed by atoms with Crippen molar-refractivity contribution in [2.45, 2.75) is 18.4 Å². The molecule has 2 aromatic rings. The van der Waals surface area contributed by atoms with Crippen LogP contribution in [-0.2, 0) is 11.2 Å². The Morgan fingerprint density at radius 2 is 1.57 bits per heavy atom. The quantitative estimate of drug-likeness (QED) is 0.792. The smallest absolute Gasteiger partial charge is 0.281 e.